The summed E-state index contributed by atoms with van der Waals surface area (Å²) in [6.45, 7) is 1.62. The second kappa shape index (κ2) is 10.9. The van der Waals surface area contributed by atoms with Gasteiger partial charge in [-0.15, -0.1) is 23.7 Å². The Morgan fingerprint density at radius 3 is 2.72 bits per heavy atom. The number of hydrogen-bond acceptors (Lipinski definition) is 9. The predicted molar refractivity (Wildman–Crippen MR) is 135 cm³/mol. The van der Waals surface area contributed by atoms with Crippen LogP contribution in [0.2, 0.25) is 0 Å². The van der Waals surface area contributed by atoms with Gasteiger partial charge in [0.2, 0.25) is 5.89 Å². The molecule has 0 amide bonds. The van der Waals surface area contributed by atoms with Crippen molar-refractivity contribution in [2.45, 2.75) is 32.0 Å². The van der Waals surface area contributed by atoms with Gasteiger partial charge in [-0.1, -0.05) is 5.16 Å². The van der Waals surface area contributed by atoms with Crippen molar-refractivity contribution in [3.8, 4) is 16.2 Å². The molecule has 4 heterocycles. The molecule has 192 valence electrons. The minimum atomic E-state index is -0.434. The number of thiophene rings is 1. The normalized spacial score (nSPS) is 14.2. The van der Waals surface area contributed by atoms with Gasteiger partial charge < -0.3 is 19.3 Å². The monoisotopic (exact) mass is 537 g/mol. The molecule has 1 aliphatic heterocycles. The number of methoxy groups -OCH3 is 2. The first-order valence-corrected chi connectivity index (χ1v) is 12.0. The summed E-state index contributed by atoms with van der Waals surface area (Å²) in [7, 11) is 2.98. The third-order valence-electron chi connectivity index (χ3n) is 6.03. The van der Waals surface area contributed by atoms with Gasteiger partial charge in [0.25, 0.3) is 5.56 Å². The lowest BCUT2D eigenvalue weighted by atomic mass is 10.1. The first-order valence-electron chi connectivity index (χ1n) is 11.1. The van der Waals surface area contributed by atoms with Crippen molar-refractivity contribution in [1.82, 2.24) is 24.6 Å². The summed E-state index contributed by atoms with van der Waals surface area (Å²) in [6.07, 6.45) is 1.34. The number of nitrogens with one attached hydrogen (secondary N) is 1. The van der Waals surface area contributed by atoms with Gasteiger partial charge in [-0.3, -0.25) is 13.9 Å². The first-order chi connectivity index (χ1) is 17.0. The molecule has 1 aliphatic rings. The Morgan fingerprint density at radius 2 is 2.00 bits per heavy atom. The lowest BCUT2D eigenvalue weighted by Crippen LogP contribution is -2.45. The van der Waals surface area contributed by atoms with Gasteiger partial charge in [0, 0.05) is 29.7 Å². The molecule has 0 spiro atoms. The molecule has 0 bridgehead atoms. The fourth-order valence-electron chi connectivity index (χ4n) is 4.38. The maximum Gasteiger partial charge on any atom is 0.332 e. The minimum Gasteiger partial charge on any atom is -0.496 e. The van der Waals surface area contributed by atoms with Crippen molar-refractivity contribution in [2.75, 3.05) is 27.3 Å². The molecule has 0 aliphatic carbocycles. The number of hydrogen-bond donors (Lipinski definition) is 1. The number of nitrogens with zero attached hydrogens (tertiary/aromatic N) is 4. The van der Waals surface area contributed by atoms with Gasteiger partial charge in [-0.05, 0) is 44.1 Å². The van der Waals surface area contributed by atoms with E-state index >= 15 is 0 Å². The van der Waals surface area contributed by atoms with E-state index in [-0.39, 0.29) is 43.1 Å². The van der Waals surface area contributed by atoms with Gasteiger partial charge in [-0.2, -0.15) is 4.98 Å². The topological polar surface area (TPSA) is 113 Å². The highest BCUT2D eigenvalue weighted by atomic mass is 35.5. The Kier molecular flexibility index (Phi) is 7.88. The molecule has 0 saturated carbocycles. The Hall–Kier alpha value is -3.06. The zero-order valence-electron chi connectivity index (χ0n) is 19.7. The zero-order chi connectivity index (χ0) is 24.5. The molecule has 10 nitrogen and oxygen atoms in total. The number of benzene rings is 1. The largest absolute Gasteiger partial charge is 0.496 e. The fourth-order valence-corrected chi connectivity index (χ4v) is 5.51. The van der Waals surface area contributed by atoms with Gasteiger partial charge in [0.05, 0.1) is 12.6 Å². The summed E-state index contributed by atoms with van der Waals surface area (Å²) in [5.41, 5.74) is 0.303. The highest BCUT2D eigenvalue weighted by Crippen LogP contribution is 2.37. The van der Waals surface area contributed by atoms with Gasteiger partial charge in [0.15, 0.2) is 5.82 Å². The van der Waals surface area contributed by atoms with Crippen molar-refractivity contribution < 1.29 is 18.4 Å². The van der Waals surface area contributed by atoms with Crippen molar-refractivity contribution in [3.05, 3.63) is 62.6 Å². The zero-order valence-corrected chi connectivity index (χ0v) is 21.3. The minimum absolute atomic E-state index is 0. The fraction of sp³-hybridized carbons (Fsp3) is 0.391. The summed E-state index contributed by atoms with van der Waals surface area (Å²) in [4.78, 5) is 32.2. The highest BCUT2D eigenvalue weighted by Gasteiger charge is 2.25. The molecule has 0 atom stereocenters. The van der Waals surface area contributed by atoms with Crippen LogP contribution >= 0.6 is 23.7 Å². The Bertz CT molecular complexity index is 1490. The number of rotatable bonds is 7. The molecular weight excluding hydrogens is 513 g/mol. The lowest BCUT2D eigenvalue weighted by molar-refractivity contribution is 0.174. The van der Waals surface area contributed by atoms with E-state index in [0.29, 0.717) is 45.1 Å². The van der Waals surface area contributed by atoms with Crippen molar-refractivity contribution >= 4 is 34.0 Å². The Balaban J connectivity index is 0.00000304. The van der Waals surface area contributed by atoms with Crippen LogP contribution in [0.25, 0.3) is 20.7 Å². The highest BCUT2D eigenvalue weighted by molar-refractivity contribution is 7.22. The van der Waals surface area contributed by atoms with E-state index in [1.54, 1.807) is 12.1 Å². The second-order valence-corrected chi connectivity index (χ2v) is 9.28. The molecule has 36 heavy (non-hydrogen) atoms. The molecule has 1 N–H and O–H groups in total. The first kappa shape index (κ1) is 26.0. The molecular formula is C23H25ClFN5O5S. The van der Waals surface area contributed by atoms with Gasteiger partial charge in [-0.25, -0.2) is 9.18 Å². The van der Waals surface area contributed by atoms with E-state index in [4.69, 9.17) is 14.0 Å². The summed E-state index contributed by atoms with van der Waals surface area (Å²) in [5.74, 6) is 0.494. The second-order valence-electron chi connectivity index (χ2n) is 8.23. The molecule has 1 saturated heterocycles. The predicted octanol–water partition coefficient (Wildman–Crippen LogP) is 2.96. The third-order valence-corrected chi connectivity index (χ3v) is 7.18. The number of fused-ring (bicyclic) bond motifs is 1. The van der Waals surface area contributed by atoms with Crippen LogP contribution in [0, 0.1) is 5.82 Å². The van der Waals surface area contributed by atoms with Crippen LogP contribution in [-0.2, 0) is 17.9 Å². The van der Waals surface area contributed by atoms with E-state index < -0.39 is 11.5 Å². The third kappa shape index (κ3) is 4.81. The van der Waals surface area contributed by atoms with Crippen LogP contribution in [0.4, 0.5) is 4.39 Å². The van der Waals surface area contributed by atoms with Gasteiger partial charge >= 0.3 is 5.69 Å². The molecule has 1 aromatic carbocycles. The van der Waals surface area contributed by atoms with Crippen LogP contribution in [0.15, 0.2) is 38.4 Å². The van der Waals surface area contributed by atoms with Crippen LogP contribution in [0.3, 0.4) is 0 Å². The smallest absolute Gasteiger partial charge is 0.332 e. The molecule has 4 aromatic rings. The van der Waals surface area contributed by atoms with E-state index in [9.17, 15) is 14.0 Å². The molecule has 0 unspecified atom stereocenters. The van der Waals surface area contributed by atoms with Crippen LogP contribution in [-0.4, -0.2) is 46.6 Å². The van der Waals surface area contributed by atoms with Crippen LogP contribution < -0.4 is 21.3 Å². The number of aromatic nitrogens is 4. The lowest BCUT2D eigenvalue weighted by Gasteiger charge is -2.24. The summed E-state index contributed by atoms with van der Waals surface area (Å²) in [6, 6.07) is 5.75. The van der Waals surface area contributed by atoms with E-state index in [2.05, 4.69) is 15.5 Å². The van der Waals surface area contributed by atoms with Crippen molar-refractivity contribution in [1.29, 1.82) is 0 Å². The number of ether oxygens (including phenoxy) is 2. The van der Waals surface area contributed by atoms with Gasteiger partial charge in [0.1, 0.15) is 29.4 Å². The van der Waals surface area contributed by atoms with E-state index in [0.717, 1.165) is 13.1 Å². The number of piperidine rings is 1. The van der Waals surface area contributed by atoms with E-state index in [1.165, 1.54) is 46.8 Å². The quantitative estimate of drug-likeness (QED) is 0.383. The molecule has 13 heteroatoms. The average molecular weight is 538 g/mol. The summed E-state index contributed by atoms with van der Waals surface area (Å²) >= 11 is 1.24. The maximum atomic E-state index is 13.8. The van der Waals surface area contributed by atoms with E-state index in [1.807, 2.05) is 0 Å². The van der Waals surface area contributed by atoms with Crippen molar-refractivity contribution in [3.63, 3.8) is 0 Å². The summed E-state index contributed by atoms with van der Waals surface area (Å²) in [5, 5.41) is 7.13. The van der Waals surface area contributed by atoms with Crippen molar-refractivity contribution in [2.24, 2.45) is 0 Å². The summed E-state index contributed by atoms with van der Waals surface area (Å²) < 4.78 is 32.8. The maximum absolute atomic E-state index is 13.8. The number of halogens is 2. The molecule has 1 fully saturated rings. The molecule has 0 radical (unpaired) electrons. The average Bonchev–Trinajstić information content (AvgIpc) is 3.50. The van der Waals surface area contributed by atoms with Crippen LogP contribution in [0.1, 0.15) is 30.6 Å². The molecule has 3 aromatic heterocycles. The molecule has 5 rings (SSSR count). The Labute approximate surface area is 215 Å². The Morgan fingerprint density at radius 1 is 1.22 bits per heavy atom. The standard InChI is InChI=1S/C23H24FN5O5S.ClH/c1-32-12-19-26-20(34-27-19)11-28-16-10-18(15-4-3-13(24)9-17(15)33-2)35-21(16)22(30)29(23(28)31)14-5-7-25-8-6-14;/h3-4,9-10,14,25H,5-8,11-12H2,1-2H3;1H. The van der Waals surface area contributed by atoms with Crippen LogP contribution in [0.5, 0.6) is 5.75 Å². The SMILES string of the molecule is COCc1noc(Cn2c(=O)n(C3CCNCC3)c(=O)c3sc(-c4ccc(F)cc4OC)cc32)n1.Cl.